The number of amides is 1. The fraction of sp³-hybridized carbons (Fsp3) is 0.222. The molecular weight excluding hydrogens is 362 g/mol. The van der Waals surface area contributed by atoms with Crippen LogP contribution in [0.4, 0.5) is 0 Å². The summed E-state index contributed by atoms with van der Waals surface area (Å²) in [6.07, 6.45) is -0.267. The summed E-state index contributed by atoms with van der Waals surface area (Å²) in [6.45, 7) is 1.90. The van der Waals surface area contributed by atoms with E-state index in [1.165, 1.54) is 24.3 Å². The summed E-state index contributed by atoms with van der Waals surface area (Å²) in [5.41, 5.74) is 6.76. The molecule has 0 bridgehead atoms. The van der Waals surface area contributed by atoms with Gasteiger partial charge in [-0.25, -0.2) is 8.42 Å². The van der Waals surface area contributed by atoms with Gasteiger partial charge in [-0.3, -0.25) is 9.59 Å². The number of benzene rings is 2. The number of carbonyl (C=O) groups is 2. The Bertz CT molecular complexity index is 874. The minimum atomic E-state index is -3.99. The van der Waals surface area contributed by atoms with E-state index in [9.17, 15) is 18.0 Å². The van der Waals surface area contributed by atoms with Crippen molar-refractivity contribution in [2.75, 3.05) is 0 Å². The number of halogens is 1. The fourth-order valence-electron chi connectivity index (χ4n) is 2.38. The molecule has 2 rings (SSSR count). The lowest BCUT2D eigenvalue weighted by Crippen LogP contribution is -2.36. The van der Waals surface area contributed by atoms with Gasteiger partial charge >= 0.3 is 0 Å². The lowest BCUT2D eigenvalue weighted by Gasteiger charge is -2.14. The highest BCUT2D eigenvalue weighted by atomic mass is 35.5. The molecule has 0 fully saturated rings. The first kappa shape index (κ1) is 19.1. The SMILES string of the molecule is Cc1ccc(C(=O)CCC(C(N)=O)S(=O)(=O)c2ccc(Cl)cc2)cc1. The molecule has 25 heavy (non-hydrogen) atoms. The van der Waals surface area contributed by atoms with Gasteiger partial charge in [0.2, 0.25) is 5.91 Å². The topological polar surface area (TPSA) is 94.3 Å². The van der Waals surface area contributed by atoms with E-state index in [2.05, 4.69) is 0 Å². The van der Waals surface area contributed by atoms with Crippen LogP contribution in [0.25, 0.3) is 0 Å². The molecule has 1 amide bonds. The Balaban J connectivity index is 2.18. The maximum absolute atomic E-state index is 12.6. The Morgan fingerprint density at radius 1 is 1.04 bits per heavy atom. The third-order valence-corrected chi connectivity index (χ3v) is 6.24. The van der Waals surface area contributed by atoms with Gasteiger partial charge in [-0.1, -0.05) is 41.4 Å². The Hall–Kier alpha value is -2.18. The van der Waals surface area contributed by atoms with Crippen LogP contribution in [0.1, 0.15) is 28.8 Å². The van der Waals surface area contributed by atoms with Gasteiger partial charge in [0.1, 0.15) is 5.25 Å². The van der Waals surface area contributed by atoms with Crippen LogP contribution in [0.15, 0.2) is 53.4 Å². The van der Waals surface area contributed by atoms with Gasteiger partial charge < -0.3 is 5.73 Å². The number of sulfone groups is 1. The molecule has 0 saturated heterocycles. The number of hydrogen-bond acceptors (Lipinski definition) is 4. The molecule has 1 unspecified atom stereocenters. The molecule has 2 aromatic rings. The van der Waals surface area contributed by atoms with Crippen molar-refractivity contribution in [3.63, 3.8) is 0 Å². The van der Waals surface area contributed by atoms with Gasteiger partial charge in [-0.15, -0.1) is 0 Å². The molecule has 0 heterocycles. The Kier molecular flexibility index (Phi) is 5.98. The van der Waals surface area contributed by atoms with E-state index in [1.807, 2.05) is 6.92 Å². The lowest BCUT2D eigenvalue weighted by molar-refractivity contribution is -0.117. The van der Waals surface area contributed by atoms with Crippen molar-refractivity contribution in [2.45, 2.75) is 29.9 Å². The molecule has 7 heteroatoms. The molecule has 0 spiro atoms. The van der Waals surface area contributed by atoms with Gasteiger partial charge in [0.15, 0.2) is 15.6 Å². The van der Waals surface area contributed by atoms with Gasteiger partial charge in [0.05, 0.1) is 4.90 Å². The average Bonchev–Trinajstić information content (AvgIpc) is 2.55. The maximum atomic E-state index is 12.6. The lowest BCUT2D eigenvalue weighted by atomic mass is 10.0. The van der Waals surface area contributed by atoms with Crippen LogP contribution in [0, 0.1) is 6.92 Å². The molecule has 5 nitrogen and oxygen atoms in total. The van der Waals surface area contributed by atoms with E-state index < -0.39 is 21.0 Å². The van der Waals surface area contributed by atoms with Crippen LogP contribution in [0.5, 0.6) is 0 Å². The molecule has 0 aliphatic heterocycles. The summed E-state index contributed by atoms with van der Waals surface area (Å²) < 4.78 is 25.2. The maximum Gasteiger partial charge on any atom is 0.236 e. The predicted molar refractivity (Wildman–Crippen MR) is 96.4 cm³/mol. The van der Waals surface area contributed by atoms with Gasteiger partial charge in [0, 0.05) is 17.0 Å². The Morgan fingerprint density at radius 2 is 1.60 bits per heavy atom. The zero-order chi connectivity index (χ0) is 18.6. The monoisotopic (exact) mass is 379 g/mol. The number of hydrogen-bond donors (Lipinski definition) is 1. The first-order chi connectivity index (χ1) is 11.7. The predicted octanol–water partition coefficient (Wildman–Crippen LogP) is 2.94. The van der Waals surface area contributed by atoms with Gasteiger partial charge in [-0.2, -0.15) is 0 Å². The highest BCUT2D eigenvalue weighted by Gasteiger charge is 2.32. The number of rotatable bonds is 7. The molecule has 0 aliphatic carbocycles. The van der Waals surface area contributed by atoms with Crippen LogP contribution in [-0.2, 0) is 14.6 Å². The number of aryl methyl sites for hydroxylation is 1. The molecule has 0 aromatic heterocycles. The molecular formula is C18H18ClNO4S. The van der Waals surface area contributed by atoms with Crippen LogP contribution in [-0.4, -0.2) is 25.4 Å². The molecule has 2 aromatic carbocycles. The minimum absolute atomic E-state index is 0.0523. The molecule has 0 aliphatic rings. The average molecular weight is 380 g/mol. The number of ketones is 1. The van der Waals surface area contributed by atoms with Gasteiger partial charge in [-0.05, 0) is 37.6 Å². The Morgan fingerprint density at radius 3 is 2.12 bits per heavy atom. The van der Waals surface area contributed by atoms with E-state index in [-0.39, 0.29) is 23.5 Å². The first-order valence-corrected chi connectivity index (χ1v) is 9.53. The van der Waals surface area contributed by atoms with Crippen molar-refractivity contribution in [2.24, 2.45) is 5.73 Å². The van der Waals surface area contributed by atoms with Crippen molar-refractivity contribution in [3.05, 3.63) is 64.7 Å². The number of Topliss-reactive ketones (excluding diaryl/α,β-unsaturated/α-hetero) is 1. The molecule has 0 radical (unpaired) electrons. The van der Waals surface area contributed by atoms with Crippen molar-refractivity contribution >= 4 is 33.1 Å². The number of carbonyl (C=O) groups excluding carboxylic acids is 2. The van der Waals surface area contributed by atoms with E-state index in [4.69, 9.17) is 17.3 Å². The highest BCUT2D eigenvalue weighted by Crippen LogP contribution is 2.22. The summed E-state index contributed by atoms with van der Waals surface area (Å²) in [6, 6.07) is 12.4. The van der Waals surface area contributed by atoms with E-state index in [1.54, 1.807) is 24.3 Å². The van der Waals surface area contributed by atoms with Crippen LogP contribution in [0.2, 0.25) is 5.02 Å². The molecule has 132 valence electrons. The van der Waals surface area contributed by atoms with Crippen LogP contribution >= 0.6 is 11.6 Å². The van der Waals surface area contributed by atoms with Crippen LogP contribution in [0.3, 0.4) is 0 Å². The summed E-state index contributed by atoms with van der Waals surface area (Å²) in [5.74, 6) is -1.22. The molecule has 1 atom stereocenters. The Labute approximate surface area is 151 Å². The summed E-state index contributed by atoms with van der Waals surface area (Å²) >= 11 is 5.75. The second-order valence-electron chi connectivity index (χ2n) is 5.72. The highest BCUT2D eigenvalue weighted by molar-refractivity contribution is 7.92. The largest absolute Gasteiger partial charge is 0.369 e. The molecule has 0 saturated carbocycles. The number of primary amides is 1. The van der Waals surface area contributed by atoms with Crippen molar-refractivity contribution < 1.29 is 18.0 Å². The van der Waals surface area contributed by atoms with E-state index in [0.29, 0.717) is 10.6 Å². The second-order valence-corrected chi connectivity index (χ2v) is 8.28. The zero-order valence-electron chi connectivity index (χ0n) is 13.6. The quantitative estimate of drug-likeness (QED) is 0.748. The minimum Gasteiger partial charge on any atom is -0.369 e. The normalized spacial score (nSPS) is 12.6. The summed E-state index contributed by atoms with van der Waals surface area (Å²) in [5, 5.41) is -1.09. The van der Waals surface area contributed by atoms with Crippen molar-refractivity contribution in [3.8, 4) is 0 Å². The van der Waals surface area contributed by atoms with E-state index >= 15 is 0 Å². The molecule has 2 N–H and O–H groups in total. The smallest absolute Gasteiger partial charge is 0.236 e. The summed E-state index contributed by atoms with van der Waals surface area (Å²) in [7, 11) is -3.99. The summed E-state index contributed by atoms with van der Waals surface area (Å²) in [4.78, 5) is 23.9. The van der Waals surface area contributed by atoms with Crippen molar-refractivity contribution in [1.29, 1.82) is 0 Å². The zero-order valence-corrected chi connectivity index (χ0v) is 15.2. The fourth-order valence-corrected chi connectivity index (χ4v) is 4.09. The first-order valence-electron chi connectivity index (χ1n) is 7.60. The third kappa shape index (κ3) is 4.67. The van der Waals surface area contributed by atoms with Crippen molar-refractivity contribution in [1.82, 2.24) is 0 Å². The number of nitrogens with two attached hydrogens (primary N) is 1. The van der Waals surface area contributed by atoms with E-state index in [0.717, 1.165) is 5.56 Å². The second kappa shape index (κ2) is 7.80. The standard InChI is InChI=1S/C18H18ClNO4S/c1-12-2-4-13(5-3-12)16(21)10-11-17(18(20)22)25(23,24)15-8-6-14(19)7-9-15/h2-9,17H,10-11H2,1H3,(H2,20,22). The van der Waals surface area contributed by atoms with Gasteiger partial charge in [0.25, 0.3) is 0 Å². The van der Waals surface area contributed by atoms with Crippen LogP contribution < -0.4 is 5.73 Å². The third-order valence-electron chi connectivity index (χ3n) is 3.84.